The van der Waals surface area contributed by atoms with Gasteiger partial charge in [-0.05, 0) is 41.7 Å². The predicted octanol–water partition coefficient (Wildman–Crippen LogP) is 2.06. The molecule has 2 aromatic rings. The van der Waals surface area contributed by atoms with Crippen molar-refractivity contribution in [1.82, 2.24) is 9.59 Å². The van der Waals surface area contributed by atoms with Crippen LogP contribution in [0.4, 0.5) is 8.78 Å². The zero-order chi connectivity index (χ0) is 11.5. The number of rotatable bonds is 3. The summed E-state index contributed by atoms with van der Waals surface area (Å²) >= 11 is 1.16. The largest absolute Gasteiger partial charge is 0.323 e. The lowest BCUT2D eigenvalue weighted by atomic mass is 10.1. The predicted molar refractivity (Wildman–Crippen MR) is 56.9 cm³/mol. The highest BCUT2D eigenvalue weighted by Gasteiger charge is 2.13. The van der Waals surface area contributed by atoms with Crippen LogP contribution in [-0.2, 0) is 6.42 Å². The van der Waals surface area contributed by atoms with Crippen molar-refractivity contribution in [3.63, 3.8) is 0 Å². The fraction of sp³-hybridized carbons (Fsp3) is 0.200. The van der Waals surface area contributed by atoms with E-state index >= 15 is 0 Å². The van der Waals surface area contributed by atoms with Crippen LogP contribution >= 0.6 is 11.5 Å². The Balaban J connectivity index is 2.17. The number of benzene rings is 1. The van der Waals surface area contributed by atoms with E-state index < -0.39 is 17.7 Å². The molecule has 0 spiro atoms. The fourth-order valence-electron chi connectivity index (χ4n) is 1.38. The van der Waals surface area contributed by atoms with Crippen LogP contribution in [-0.4, -0.2) is 9.59 Å². The van der Waals surface area contributed by atoms with Gasteiger partial charge in [-0.3, -0.25) is 0 Å². The van der Waals surface area contributed by atoms with Crippen LogP contribution in [0.2, 0.25) is 0 Å². The molecule has 1 aromatic carbocycles. The van der Waals surface area contributed by atoms with E-state index in [0.29, 0.717) is 0 Å². The molecule has 16 heavy (non-hydrogen) atoms. The molecule has 3 nitrogen and oxygen atoms in total. The lowest BCUT2D eigenvalue weighted by Crippen LogP contribution is -2.13. The number of hydrogen-bond donors (Lipinski definition) is 1. The number of nitrogens with two attached hydrogens (primary N) is 1. The summed E-state index contributed by atoms with van der Waals surface area (Å²) in [6.07, 6.45) is 1.76. The molecule has 1 unspecified atom stereocenters. The Morgan fingerprint density at radius 2 is 2.19 bits per heavy atom. The molecule has 1 heterocycles. The minimum Gasteiger partial charge on any atom is -0.323 e. The summed E-state index contributed by atoms with van der Waals surface area (Å²) in [4.78, 5) is 0.753. The molecular formula is C10H9F2N3S. The van der Waals surface area contributed by atoms with Gasteiger partial charge in [0.15, 0.2) is 0 Å². The molecule has 0 aliphatic rings. The second-order valence-electron chi connectivity index (χ2n) is 3.37. The minimum absolute atomic E-state index is 0.230. The molecule has 0 aliphatic heterocycles. The third-order valence-corrected chi connectivity index (χ3v) is 2.99. The van der Waals surface area contributed by atoms with Crippen LogP contribution in [0.15, 0.2) is 24.4 Å². The lowest BCUT2D eigenvalue weighted by Gasteiger charge is -2.09. The van der Waals surface area contributed by atoms with Gasteiger partial charge in [-0.1, -0.05) is 4.49 Å². The van der Waals surface area contributed by atoms with Gasteiger partial charge in [-0.25, -0.2) is 8.78 Å². The molecule has 2 N–H and O–H groups in total. The number of halogens is 2. The molecule has 84 valence electrons. The van der Waals surface area contributed by atoms with E-state index in [-0.39, 0.29) is 12.0 Å². The van der Waals surface area contributed by atoms with Crippen molar-refractivity contribution in [2.75, 3.05) is 0 Å². The van der Waals surface area contributed by atoms with E-state index in [0.717, 1.165) is 34.6 Å². The first-order chi connectivity index (χ1) is 7.66. The maximum atomic E-state index is 13.3. The average molecular weight is 241 g/mol. The van der Waals surface area contributed by atoms with E-state index in [2.05, 4.69) is 9.59 Å². The standard InChI is InChI=1S/C10H9F2N3S/c11-7-1-2-8(12)6(3-7)4-9(13)10-5-14-15-16-10/h1-3,5,9H,4,13H2. The van der Waals surface area contributed by atoms with Crippen LogP contribution in [0.1, 0.15) is 16.5 Å². The molecular weight excluding hydrogens is 232 g/mol. The molecule has 2 rings (SSSR count). The molecule has 0 radical (unpaired) electrons. The fourth-order valence-corrected chi connectivity index (χ4v) is 1.88. The molecule has 0 amide bonds. The van der Waals surface area contributed by atoms with Gasteiger partial charge in [-0.15, -0.1) is 5.10 Å². The maximum Gasteiger partial charge on any atom is 0.126 e. The minimum atomic E-state index is -0.467. The van der Waals surface area contributed by atoms with E-state index in [1.54, 1.807) is 0 Å². The van der Waals surface area contributed by atoms with Gasteiger partial charge in [0.2, 0.25) is 0 Å². The smallest absolute Gasteiger partial charge is 0.126 e. The van der Waals surface area contributed by atoms with E-state index in [4.69, 9.17) is 5.73 Å². The summed E-state index contributed by atoms with van der Waals surface area (Å²) in [5.41, 5.74) is 6.10. The normalized spacial score (nSPS) is 12.7. The summed E-state index contributed by atoms with van der Waals surface area (Å²) in [6.45, 7) is 0. The van der Waals surface area contributed by atoms with Gasteiger partial charge in [-0.2, -0.15) is 0 Å². The number of hydrogen-bond acceptors (Lipinski definition) is 4. The Bertz CT molecular complexity index is 473. The molecule has 1 aromatic heterocycles. The molecule has 0 aliphatic carbocycles. The highest BCUT2D eigenvalue weighted by molar-refractivity contribution is 7.05. The molecule has 0 saturated carbocycles. The third kappa shape index (κ3) is 2.40. The lowest BCUT2D eigenvalue weighted by molar-refractivity contribution is 0.574. The Labute approximate surface area is 95.1 Å². The Morgan fingerprint density at radius 3 is 2.88 bits per heavy atom. The van der Waals surface area contributed by atoms with Crippen LogP contribution in [0.25, 0.3) is 0 Å². The van der Waals surface area contributed by atoms with Gasteiger partial charge in [0.05, 0.1) is 11.1 Å². The summed E-state index contributed by atoms with van der Waals surface area (Å²) in [5.74, 6) is -0.916. The molecule has 0 fully saturated rings. The molecule has 6 heteroatoms. The van der Waals surface area contributed by atoms with Gasteiger partial charge >= 0.3 is 0 Å². The van der Waals surface area contributed by atoms with E-state index in [9.17, 15) is 8.78 Å². The average Bonchev–Trinajstić information content (AvgIpc) is 2.76. The second kappa shape index (κ2) is 4.63. The van der Waals surface area contributed by atoms with Crippen LogP contribution < -0.4 is 5.73 Å². The zero-order valence-electron chi connectivity index (χ0n) is 8.23. The van der Waals surface area contributed by atoms with E-state index in [1.165, 1.54) is 6.20 Å². The van der Waals surface area contributed by atoms with Crippen molar-refractivity contribution in [1.29, 1.82) is 0 Å². The third-order valence-electron chi connectivity index (χ3n) is 2.19. The molecule has 0 bridgehead atoms. The first-order valence-corrected chi connectivity index (χ1v) is 5.41. The highest BCUT2D eigenvalue weighted by atomic mass is 32.1. The molecule has 0 saturated heterocycles. The Kier molecular flexibility index (Phi) is 3.21. The monoisotopic (exact) mass is 241 g/mol. The van der Waals surface area contributed by atoms with Crippen LogP contribution in [0.3, 0.4) is 0 Å². The van der Waals surface area contributed by atoms with Crippen molar-refractivity contribution >= 4 is 11.5 Å². The highest BCUT2D eigenvalue weighted by Crippen LogP contribution is 2.20. The second-order valence-corrected chi connectivity index (χ2v) is 4.18. The Hall–Kier alpha value is -1.40. The maximum absolute atomic E-state index is 13.3. The van der Waals surface area contributed by atoms with Crippen molar-refractivity contribution < 1.29 is 8.78 Å². The zero-order valence-corrected chi connectivity index (χ0v) is 9.05. The summed E-state index contributed by atoms with van der Waals surface area (Å²) in [7, 11) is 0. The van der Waals surface area contributed by atoms with Gasteiger partial charge < -0.3 is 5.73 Å². The quantitative estimate of drug-likeness (QED) is 0.894. The summed E-state index contributed by atoms with van der Waals surface area (Å²) in [5, 5.41) is 3.65. The summed E-state index contributed by atoms with van der Waals surface area (Å²) < 4.78 is 29.9. The number of aromatic nitrogens is 2. The van der Waals surface area contributed by atoms with Crippen molar-refractivity contribution in [3.8, 4) is 0 Å². The van der Waals surface area contributed by atoms with Crippen molar-refractivity contribution in [3.05, 3.63) is 46.5 Å². The van der Waals surface area contributed by atoms with Gasteiger partial charge in [0.25, 0.3) is 0 Å². The first-order valence-electron chi connectivity index (χ1n) is 4.63. The van der Waals surface area contributed by atoms with Crippen LogP contribution in [0.5, 0.6) is 0 Å². The molecule has 1 atom stereocenters. The van der Waals surface area contributed by atoms with Crippen molar-refractivity contribution in [2.24, 2.45) is 5.73 Å². The van der Waals surface area contributed by atoms with Crippen molar-refractivity contribution in [2.45, 2.75) is 12.5 Å². The number of nitrogens with zero attached hydrogens (tertiary/aromatic N) is 2. The van der Waals surface area contributed by atoms with Gasteiger partial charge in [0.1, 0.15) is 11.6 Å². The van der Waals surface area contributed by atoms with Gasteiger partial charge in [0, 0.05) is 6.04 Å². The van der Waals surface area contributed by atoms with E-state index in [1.807, 2.05) is 0 Å². The van der Waals surface area contributed by atoms with Crippen LogP contribution in [0, 0.1) is 11.6 Å². The Morgan fingerprint density at radius 1 is 1.38 bits per heavy atom. The SMILES string of the molecule is NC(Cc1cc(F)ccc1F)c1cnns1. The topological polar surface area (TPSA) is 51.8 Å². The first kappa shape index (κ1) is 11.1. The summed E-state index contributed by atoms with van der Waals surface area (Å²) in [6, 6.07) is 2.93.